The van der Waals surface area contributed by atoms with Gasteiger partial charge < -0.3 is 15.2 Å². The molecule has 2 N–H and O–H groups in total. The summed E-state index contributed by atoms with van der Waals surface area (Å²) < 4.78 is 6.10. The molecule has 0 radical (unpaired) electrons. The Morgan fingerprint density at radius 1 is 1.47 bits per heavy atom. The van der Waals surface area contributed by atoms with Crippen LogP contribution in [0.1, 0.15) is 30.6 Å². The van der Waals surface area contributed by atoms with Gasteiger partial charge in [-0.2, -0.15) is 0 Å². The largest absolute Gasteiger partial charge is 0.508 e. The number of halogens is 1. The molecular weight excluding hydrogens is 264 g/mol. The highest BCUT2D eigenvalue weighted by Gasteiger charge is 2.32. The van der Waals surface area contributed by atoms with Crippen molar-refractivity contribution < 1.29 is 9.84 Å². The van der Waals surface area contributed by atoms with Crippen molar-refractivity contribution >= 4 is 18.2 Å². The van der Waals surface area contributed by atoms with E-state index in [1.807, 2.05) is 12.1 Å². The van der Waals surface area contributed by atoms with E-state index >= 15 is 0 Å². The Hall–Kier alpha value is -1.26. The minimum absolute atomic E-state index is 0. The minimum atomic E-state index is -0.145. The van der Waals surface area contributed by atoms with Crippen molar-refractivity contribution in [1.29, 1.82) is 0 Å². The van der Waals surface area contributed by atoms with Crippen LogP contribution in [0.4, 0.5) is 0 Å². The van der Waals surface area contributed by atoms with E-state index in [2.05, 4.69) is 17.2 Å². The van der Waals surface area contributed by atoms with Crippen molar-refractivity contribution in [3.63, 3.8) is 0 Å². The lowest BCUT2D eigenvalue weighted by molar-refractivity contribution is 0.00658. The molecule has 0 spiro atoms. The Morgan fingerprint density at radius 3 is 3.00 bits per heavy atom. The highest BCUT2D eigenvalue weighted by molar-refractivity contribution is 5.89. The van der Waals surface area contributed by atoms with Gasteiger partial charge >= 0.3 is 0 Å². The number of hydrogen-bond donors (Lipinski definition) is 2. The zero-order valence-electron chi connectivity index (χ0n) is 10.9. The highest BCUT2D eigenvalue weighted by Crippen LogP contribution is 2.36. The molecule has 0 aliphatic carbocycles. The summed E-state index contributed by atoms with van der Waals surface area (Å²) in [6.45, 7) is 3.79. The standard InChI is InChI=1S/C14H18N2O2.ClH/c1-2-9-8-11-10(4-3-5-12(11)17)13(18-9)14-15-6-7-16-14;/h3-5,9,13,17H,2,6-8H2,1H3,(H,15,16);1H. The molecule has 104 valence electrons. The Labute approximate surface area is 119 Å². The molecule has 0 saturated heterocycles. The lowest BCUT2D eigenvalue weighted by atomic mass is 9.92. The Kier molecular flexibility index (Phi) is 4.32. The molecule has 4 nitrogen and oxygen atoms in total. The molecule has 2 aliphatic heterocycles. The van der Waals surface area contributed by atoms with Crippen molar-refractivity contribution in [2.45, 2.75) is 32.0 Å². The summed E-state index contributed by atoms with van der Waals surface area (Å²) in [5.74, 6) is 1.28. The van der Waals surface area contributed by atoms with Crippen LogP contribution in [0, 0.1) is 0 Å². The molecule has 0 amide bonds. The Balaban J connectivity index is 0.00000133. The second kappa shape index (κ2) is 5.80. The molecule has 0 aromatic heterocycles. The van der Waals surface area contributed by atoms with Crippen LogP contribution in [0.3, 0.4) is 0 Å². The van der Waals surface area contributed by atoms with Crippen molar-refractivity contribution in [2.75, 3.05) is 13.1 Å². The zero-order chi connectivity index (χ0) is 12.5. The summed E-state index contributed by atoms with van der Waals surface area (Å²) >= 11 is 0. The number of nitrogens with zero attached hydrogens (tertiary/aromatic N) is 1. The molecule has 2 atom stereocenters. The molecule has 5 heteroatoms. The van der Waals surface area contributed by atoms with E-state index in [-0.39, 0.29) is 24.6 Å². The second-order valence-corrected chi connectivity index (χ2v) is 4.79. The van der Waals surface area contributed by atoms with Gasteiger partial charge in [0.1, 0.15) is 17.7 Å². The predicted octanol–water partition coefficient (Wildman–Crippen LogP) is 2.21. The van der Waals surface area contributed by atoms with Crippen LogP contribution in [0.5, 0.6) is 5.75 Å². The summed E-state index contributed by atoms with van der Waals surface area (Å²) in [5, 5.41) is 13.3. The van der Waals surface area contributed by atoms with Crippen molar-refractivity contribution in [3.05, 3.63) is 29.3 Å². The van der Waals surface area contributed by atoms with E-state index in [1.54, 1.807) is 6.07 Å². The van der Waals surface area contributed by atoms with Gasteiger partial charge in [0, 0.05) is 18.5 Å². The number of rotatable bonds is 2. The monoisotopic (exact) mass is 282 g/mol. The smallest absolute Gasteiger partial charge is 0.140 e. The topological polar surface area (TPSA) is 53.9 Å². The number of aromatic hydroxyl groups is 1. The Bertz CT molecular complexity index is 490. The fourth-order valence-electron chi connectivity index (χ4n) is 2.65. The number of aliphatic imine (C=N–C) groups is 1. The van der Waals surface area contributed by atoms with Crippen molar-refractivity contribution in [2.24, 2.45) is 4.99 Å². The first-order valence-electron chi connectivity index (χ1n) is 6.54. The second-order valence-electron chi connectivity index (χ2n) is 4.79. The first-order chi connectivity index (χ1) is 8.79. The van der Waals surface area contributed by atoms with Crippen LogP contribution in [0.2, 0.25) is 0 Å². The molecular formula is C14H19ClN2O2. The van der Waals surface area contributed by atoms with Crippen LogP contribution in [0.15, 0.2) is 23.2 Å². The van der Waals surface area contributed by atoms with E-state index < -0.39 is 0 Å². The molecule has 1 aromatic carbocycles. The van der Waals surface area contributed by atoms with Gasteiger partial charge in [-0.25, -0.2) is 0 Å². The number of nitrogens with one attached hydrogen (secondary N) is 1. The fraction of sp³-hybridized carbons (Fsp3) is 0.500. The average Bonchev–Trinajstić information content (AvgIpc) is 2.92. The minimum Gasteiger partial charge on any atom is -0.508 e. The Morgan fingerprint density at radius 2 is 2.32 bits per heavy atom. The van der Waals surface area contributed by atoms with E-state index in [9.17, 15) is 5.11 Å². The average molecular weight is 283 g/mol. The molecule has 3 rings (SSSR count). The van der Waals surface area contributed by atoms with Gasteiger partial charge in [0.05, 0.1) is 12.6 Å². The number of phenols is 1. The third-order valence-corrected chi connectivity index (χ3v) is 3.63. The summed E-state index contributed by atoms with van der Waals surface area (Å²) in [7, 11) is 0. The number of ether oxygens (including phenoxy) is 1. The first kappa shape index (κ1) is 14.2. The van der Waals surface area contributed by atoms with E-state index in [1.165, 1.54) is 0 Å². The molecule has 1 aromatic rings. The predicted molar refractivity (Wildman–Crippen MR) is 77.3 cm³/mol. The van der Waals surface area contributed by atoms with Gasteiger partial charge in [-0.15, -0.1) is 12.4 Å². The van der Waals surface area contributed by atoms with Gasteiger partial charge in [0.2, 0.25) is 0 Å². The highest BCUT2D eigenvalue weighted by atomic mass is 35.5. The van der Waals surface area contributed by atoms with Gasteiger partial charge in [-0.05, 0) is 18.1 Å². The lowest BCUT2D eigenvalue weighted by Gasteiger charge is -2.32. The number of benzene rings is 1. The van der Waals surface area contributed by atoms with Crippen molar-refractivity contribution in [3.8, 4) is 5.75 Å². The van der Waals surface area contributed by atoms with E-state index in [4.69, 9.17) is 4.74 Å². The quantitative estimate of drug-likeness (QED) is 0.874. The van der Waals surface area contributed by atoms with Crippen LogP contribution < -0.4 is 5.32 Å². The molecule has 19 heavy (non-hydrogen) atoms. The third kappa shape index (κ3) is 2.55. The summed E-state index contributed by atoms with van der Waals surface area (Å²) in [6, 6.07) is 5.64. The molecule has 0 bridgehead atoms. The molecule has 2 unspecified atom stereocenters. The number of amidine groups is 1. The maximum Gasteiger partial charge on any atom is 0.140 e. The maximum atomic E-state index is 10.0. The molecule has 0 saturated carbocycles. The van der Waals surface area contributed by atoms with Gasteiger partial charge in [-0.1, -0.05) is 19.1 Å². The van der Waals surface area contributed by atoms with E-state index in [0.29, 0.717) is 5.75 Å². The van der Waals surface area contributed by atoms with Gasteiger partial charge in [-0.3, -0.25) is 4.99 Å². The molecule has 2 heterocycles. The fourth-order valence-corrected chi connectivity index (χ4v) is 2.65. The number of phenolic OH excluding ortho intramolecular Hbond substituents is 1. The molecule has 0 fully saturated rings. The summed E-state index contributed by atoms with van der Waals surface area (Å²) in [4.78, 5) is 4.46. The van der Waals surface area contributed by atoms with Gasteiger partial charge in [0.15, 0.2) is 0 Å². The normalized spacial score (nSPS) is 25.0. The van der Waals surface area contributed by atoms with Crippen molar-refractivity contribution in [1.82, 2.24) is 5.32 Å². The SMILES string of the molecule is CCC1Cc2c(O)cccc2C(C2=NCCN2)O1.Cl. The first-order valence-corrected chi connectivity index (χ1v) is 6.54. The van der Waals surface area contributed by atoms with Crippen LogP contribution in [-0.2, 0) is 11.2 Å². The summed E-state index contributed by atoms with van der Waals surface area (Å²) in [5.41, 5.74) is 2.06. The maximum absolute atomic E-state index is 10.0. The van der Waals surface area contributed by atoms with Crippen LogP contribution >= 0.6 is 12.4 Å². The number of fused-ring (bicyclic) bond motifs is 1. The van der Waals surface area contributed by atoms with Crippen LogP contribution in [0.25, 0.3) is 0 Å². The van der Waals surface area contributed by atoms with E-state index in [0.717, 1.165) is 42.9 Å². The number of hydrogen-bond acceptors (Lipinski definition) is 4. The lowest BCUT2D eigenvalue weighted by Crippen LogP contribution is -2.35. The van der Waals surface area contributed by atoms with Crippen LogP contribution in [-0.4, -0.2) is 30.1 Å². The third-order valence-electron chi connectivity index (χ3n) is 3.63. The molecule has 2 aliphatic rings. The van der Waals surface area contributed by atoms with Gasteiger partial charge in [0.25, 0.3) is 0 Å². The zero-order valence-corrected chi connectivity index (χ0v) is 11.7. The summed E-state index contributed by atoms with van der Waals surface area (Å²) in [6.07, 6.45) is 1.73.